The zero-order valence-electron chi connectivity index (χ0n) is 14.7. The van der Waals surface area contributed by atoms with Crippen molar-refractivity contribution in [2.75, 3.05) is 6.61 Å². The molecule has 0 radical (unpaired) electrons. The lowest BCUT2D eigenvalue weighted by molar-refractivity contribution is -0.117. The summed E-state index contributed by atoms with van der Waals surface area (Å²) in [7, 11) is 0. The van der Waals surface area contributed by atoms with Crippen molar-refractivity contribution in [1.82, 2.24) is 9.55 Å². The number of thioether (sulfide) groups is 1. The van der Waals surface area contributed by atoms with Gasteiger partial charge in [0.25, 0.3) is 5.56 Å². The number of thiophene rings is 1. The van der Waals surface area contributed by atoms with Crippen molar-refractivity contribution in [2.45, 2.75) is 63.1 Å². The molecule has 3 rings (SSSR count). The average molecular weight is 382 g/mol. The summed E-state index contributed by atoms with van der Waals surface area (Å²) in [6.45, 7) is 7.00. The van der Waals surface area contributed by atoms with Gasteiger partial charge < -0.3 is 10.5 Å². The number of fused-ring (bicyclic) bond motifs is 1. The highest BCUT2D eigenvalue weighted by Gasteiger charge is 2.24. The number of nitrogens with zero attached hydrogens (tertiary/aromatic N) is 2. The Morgan fingerprint density at radius 2 is 2.32 bits per heavy atom. The Balaban J connectivity index is 2.13. The van der Waals surface area contributed by atoms with Gasteiger partial charge in [-0.15, -0.1) is 11.3 Å². The van der Waals surface area contributed by atoms with E-state index in [2.05, 4.69) is 6.92 Å². The number of primary amides is 1. The molecule has 0 spiro atoms. The molecule has 1 amide bonds. The number of nitrogens with two attached hydrogens (primary N) is 1. The van der Waals surface area contributed by atoms with Crippen molar-refractivity contribution in [3.05, 3.63) is 20.8 Å². The molecular weight excluding hydrogens is 358 g/mol. The number of carbonyl (C=O) groups is 1. The first-order valence-electron chi connectivity index (χ1n) is 8.52. The third-order valence-corrected chi connectivity index (χ3v) is 6.67. The van der Waals surface area contributed by atoms with Crippen LogP contribution in [0.25, 0.3) is 10.2 Å². The van der Waals surface area contributed by atoms with Gasteiger partial charge in [0.1, 0.15) is 4.83 Å². The van der Waals surface area contributed by atoms with Crippen LogP contribution in [-0.4, -0.2) is 33.4 Å². The van der Waals surface area contributed by atoms with Crippen molar-refractivity contribution >= 4 is 39.2 Å². The quantitative estimate of drug-likeness (QED) is 0.613. The number of amides is 1. The lowest BCUT2D eigenvalue weighted by Gasteiger charge is -2.17. The van der Waals surface area contributed by atoms with Crippen LogP contribution < -0.4 is 11.3 Å². The van der Waals surface area contributed by atoms with E-state index in [1.165, 1.54) is 23.1 Å². The number of carbonyl (C=O) groups excluding carboxylic acids is 1. The highest BCUT2D eigenvalue weighted by Crippen LogP contribution is 2.31. The summed E-state index contributed by atoms with van der Waals surface area (Å²) >= 11 is 2.78. The summed E-state index contributed by atoms with van der Waals surface area (Å²) in [5, 5.41) is 0.800. The molecule has 136 valence electrons. The van der Waals surface area contributed by atoms with Gasteiger partial charge in [-0.25, -0.2) is 4.98 Å². The van der Waals surface area contributed by atoms with E-state index in [0.717, 1.165) is 41.1 Å². The summed E-state index contributed by atoms with van der Waals surface area (Å²) in [6.07, 6.45) is 2.76. The van der Waals surface area contributed by atoms with Crippen LogP contribution in [0.5, 0.6) is 0 Å². The molecule has 2 N–H and O–H groups in total. The fourth-order valence-electron chi connectivity index (χ4n) is 3.12. The molecule has 1 aliphatic rings. The van der Waals surface area contributed by atoms with Crippen LogP contribution in [0.3, 0.4) is 0 Å². The predicted molar refractivity (Wildman–Crippen MR) is 101 cm³/mol. The highest BCUT2D eigenvalue weighted by molar-refractivity contribution is 8.00. The first-order chi connectivity index (χ1) is 11.9. The van der Waals surface area contributed by atoms with Crippen molar-refractivity contribution in [2.24, 2.45) is 5.73 Å². The molecule has 2 atom stereocenters. The summed E-state index contributed by atoms with van der Waals surface area (Å²) < 4.78 is 7.38. The Kier molecular flexibility index (Phi) is 5.50. The maximum atomic E-state index is 13.2. The molecule has 2 aromatic heterocycles. The molecule has 0 saturated carbocycles. The first-order valence-corrected chi connectivity index (χ1v) is 10.2. The molecule has 2 unspecified atom stereocenters. The highest BCUT2D eigenvalue weighted by atomic mass is 32.2. The Morgan fingerprint density at radius 1 is 1.56 bits per heavy atom. The number of aryl methyl sites for hydroxylation is 2. The van der Waals surface area contributed by atoms with Gasteiger partial charge in [0.05, 0.1) is 23.3 Å². The number of rotatable bonds is 6. The third-order valence-electron chi connectivity index (χ3n) is 4.52. The number of ether oxygens (including phenoxy) is 1. The Morgan fingerprint density at radius 3 is 2.92 bits per heavy atom. The molecule has 0 aromatic carbocycles. The molecule has 1 aliphatic heterocycles. The zero-order valence-corrected chi connectivity index (χ0v) is 16.3. The average Bonchev–Trinajstić information content (AvgIpc) is 3.17. The van der Waals surface area contributed by atoms with Gasteiger partial charge in [0, 0.05) is 11.5 Å². The lowest BCUT2D eigenvalue weighted by Crippen LogP contribution is -2.30. The Hall–Kier alpha value is -1.38. The predicted octanol–water partition coefficient (Wildman–Crippen LogP) is 2.47. The molecule has 6 nitrogen and oxygen atoms in total. The maximum absolute atomic E-state index is 13.2. The van der Waals surface area contributed by atoms with Crippen LogP contribution in [0.15, 0.2) is 9.95 Å². The van der Waals surface area contributed by atoms with Gasteiger partial charge in [-0.05, 0) is 38.7 Å². The number of hydrogen-bond acceptors (Lipinski definition) is 6. The molecule has 2 aromatic rings. The van der Waals surface area contributed by atoms with E-state index in [-0.39, 0.29) is 11.7 Å². The van der Waals surface area contributed by atoms with Crippen molar-refractivity contribution in [3.8, 4) is 0 Å². The zero-order chi connectivity index (χ0) is 18.1. The Labute approximate surface area is 154 Å². The van der Waals surface area contributed by atoms with Crippen molar-refractivity contribution < 1.29 is 9.53 Å². The molecule has 1 saturated heterocycles. The van der Waals surface area contributed by atoms with E-state index in [9.17, 15) is 9.59 Å². The SMILES string of the molecule is CCc1c(C)sc2nc(SC(C)C(N)=O)n(CC3CCCO3)c(=O)c12. The number of aromatic nitrogens is 2. The van der Waals surface area contributed by atoms with E-state index < -0.39 is 11.2 Å². The van der Waals surface area contributed by atoms with Crippen molar-refractivity contribution in [3.63, 3.8) is 0 Å². The van der Waals surface area contributed by atoms with Gasteiger partial charge in [-0.3, -0.25) is 14.2 Å². The normalized spacial score (nSPS) is 18.8. The van der Waals surface area contributed by atoms with Crippen LogP contribution >= 0.6 is 23.1 Å². The summed E-state index contributed by atoms with van der Waals surface area (Å²) in [4.78, 5) is 31.3. The van der Waals surface area contributed by atoms with Crippen LogP contribution in [-0.2, 0) is 22.5 Å². The topological polar surface area (TPSA) is 87.2 Å². The molecule has 1 fully saturated rings. The van der Waals surface area contributed by atoms with Crippen molar-refractivity contribution in [1.29, 1.82) is 0 Å². The first kappa shape index (κ1) is 18.4. The molecule has 25 heavy (non-hydrogen) atoms. The van der Waals surface area contributed by atoms with Gasteiger partial charge in [-0.2, -0.15) is 0 Å². The van der Waals surface area contributed by atoms with Gasteiger partial charge in [0.15, 0.2) is 5.16 Å². The second-order valence-corrected chi connectivity index (χ2v) is 8.79. The minimum atomic E-state index is -0.452. The summed E-state index contributed by atoms with van der Waals surface area (Å²) in [5.41, 5.74) is 6.43. The monoisotopic (exact) mass is 381 g/mol. The van der Waals surface area contributed by atoms with Gasteiger partial charge in [0.2, 0.25) is 5.91 Å². The van der Waals surface area contributed by atoms with E-state index in [1.54, 1.807) is 11.5 Å². The fourth-order valence-corrected chi connectivity index (χ4v) is 5.14. The molecule has 0 aliphatic carbocycles. The minimum absolute atomic E-state index is 0.0185. The van der Waals surface area contributed by atoms with Crippen LogP contribution in [0.1, 0.15) is 37.1 Å². The number of hydrogen-bond donors (Lipinski definition) is 1. The van der Waals surface area contributed by atoms with E-state index in [0.29, 0.717) is 17.1 Å². The maximum Gasteiger partial charge on any atom is 0.263 e. The third kappa shape index (κ3) is 3.61. The fraction of sp³-hybridized carbons (Fsp3) is 0.588. The molecular formula is C17H23N3O3S2. The molecule has 8 heteroatoms. The van der Waals surface area contributed by atoms with Crippen LogP contribution in [0.4, 0.5) is 0 Å². The van der Waals surface area contributed by atoms with E-state index >= 15 is 0 Å². The largest absolute Gasteiger partial charge is 0.376 e. The smallest absolute Gasteiger partial charge is 0.263 e. The van der Waals surface area contributed by atoms with E-state index in [4.69, 9.17) is 15.5 Å². The second-order valence-electron chi connectivity index (χ2n) is 6.28. The lowest BCUT2D eigenvalue weighted by atomic mass is 10.1. The van der Waals surface area contributed by atoms with E-state index in [1.807, 2.05) is 6.92 Å². The van der Waals surface area contributed by atoms with Gasteiger partial charge >= 0.3 is 0 Å². The molecule has 0 bridgehead atoms. The van der Waals surface area contributed by atoms with Crippen LogP contribution in [0.2, 0.25) is 0 Å². The standard InChI is InChI=1S/C17H23N3O3S2/c1-4-12-9(2)24-15-13(12)16(22)20(8-11-6-5-7-23-11)17(19-15)25-10(3)14(18)21/h10-11H,4-8H2,1-3H3,(H2,18,21). The summed E-state index contributed by atoms with van der Waals surface area (Å²) in [6, 6.07) is 0. The van der Waals surface area contributed by atoms with Crippen LogP contribution in [0, 0.1) is 6.92 Å². The second kappa shape index (κ2) is 7.47. The minimum Gasteiger partial charge on any atom is -0.376 e. The van der Waals surface area contributed by atoms with Gasteiger partial charge in [-0.1, -0.05) is 18.7 Å². The Bertz CT molecular complexity index is 853. The summed E-state index contributed by atoms with van der Waals surface area (Å²) in [5.74, 6) is -0.417. The molecule has 3 heterocycles.